The van der Waals surface area contributed by atoms with Crippen molar-refractivity contribution in [2.45, 2.75) is 32.2 Å². The van der Waals surface area contributed by atoms with Gasteiger partial charge < -0.3 is 19.1 Å². The second-order valence-corrected chi connectivity index (χ2v) is 5.62. The zero-order valence-electron chi connectivity index (χ0n) is 14.5. The number of piperidine rings is 1. The summed E-state index contributed by atoms with van der Waals surface area (Å²) in [6.45, 7) is 2.33. The van der Waals surface area contributed by atoms with Crippen molar-refractivity contribution in [3.05, 3.63) is 23.8 Å². The normalized spacial score (nSPS) is 16.7. The summed E-state index contributed by atoms with van der Waals surface area (Å²) in [5.41, 5.74) is 0.439. The molecule has 0 aliphatic carbocycles. The number of likely N-dealkylation sites (tertiary alicyclic amines) is 1. The molecule has 1 aromatic carbocycles. The zero-order valence-corrected chi connectivity index (χ0v) is 14.5. The molecule has 1 aromatic rings. The maximum atomic E-state index is 12.5. The third-order valence-corrected chi connectivity index (χ3v) is 4.03. The molecule has 1 amide bonds. The topological polar surface area (TPSA) is 88.9 Å². The van der Waals surface area contributed by atoms with E-state index in [1.807, 2.05) is 6.07 Å². The fourth-order valence-corrected chi connectivity index (χ4v) is 2.79. The van der Waals surface area contributed by atoms with Crippen LogP contribution in [-0.4, -0.2) is 49.7 Å². The lowest BCUT2D eigenvalue weighted by molar-refractivity contribution is -0.157. The van der Waals surface area contributed by atoms with Crippen molar-refractivity contribution in [3.63, 3.8) is 0 Å². The first-order valence-electron chi connectivity index (χ1n) is 8.27. The Balaban J connectivity index is 2.03. The number of ether oxygens (including phenoxy) is 3. The van der Waals surface area contributed by atoms with Crippen LogP contribution in [0.25, 0.3) is 0 Å². The van der Waals surface area contributed by atoms with Crippen LogP contribution in [0.5, 0.6) is 11.5 Å². The lowest BCUT2D eigenvalue weighted by Gasteiger charge is -2.33. The number of carbonyl (C=O) groups excluding carboxylic acids is 2. The highest BCUT2D eigenvalue weighted by Gasteiger charge is 2.33. The molecule has 2 rings (SSSR count). The van der Waals surface area contributed by atoms with Crippen molar-refractivity contribution >= 4 is 11.9 Å². The van der Waals surface area contributed by atoms with E-state index in [-0.39, 0.29) is 25.1 Å². The van der Waals surface area contributed by atoms with Gasteiger partial charge in [-0.2, -0.15) is 5.26 Å². The van der Waals surface area contributed by atoms with Crippen LogP contribution in [0.1, 0.15) is 31.7 Å². The number of hydrogen-bond acceptors (Lipinski definition) is 6. The first kappa shape index (κ1) is 18.6. The molecule has 7 heteroatoms. The van der Waals surface area contributed by atoms with E-state index in [1.165, 1.54) is 12.0 Å². The van der Waals surface area contributed by atoms with Crippen LogP contribution in [-0.2, 0) is 14.3 Å². The number of esters is 1. The van der Waals surface area contributed by atoms with Gasteiger partial charge in [0.05, 0.1) is 25.3 Å². The van der Waals surface area contributed by atoms with Gasteiger partial charge in [0.2, 0.25) is 0 Å². The third-order valence-electron chi connectivity index (χ3n) is 4.03. The molecule has 1 saturated heterocycles. The Hall–Kier alpha value is -2.75. The Labute approximate surface area is 147 Å². The average Bonchev–Trinajstić information content (AvgIpc) is 2.66. The largest absolute Gasteiger partial charge is 0.493 e. The maximum Gasteiger partial charge on any atom is 0.328 e. The summed E-state index contributed by atoms with van der Waals surface area (Å²) < 4.78 is 15.8. The molecule has 0 N–H and O–H groups in total. The van der Waals surface area contributed by atoms with Gasteiger partial charge in [0.1, 0.15) is 6.04 Å². The minimum Gasteiger partial charge on any atom is -0.493 e. The van der Waals surface area contributed by atoms with Gasteiger partial charge >= 0.3 is 5.97 Å². The molecule has 134 valence electrons. The van der Waals surface area contributed by atoms with Gasteiger partial charge in [-0.05, 0) is 38.3 Å². The number of benzene rings is 1. The quantitative estimate of drug-likeness (QED) is 0.731. The van der Waals surface area contributed by atoms with Gasteiger partial charge in [-0.15, -0.1) is 0 Å². The number of amides is 1. The number of rotatable bonds is 6. The van der Waals surface area contributed by atoms with E-state index in [2.05, 4.69) is 0 Å². The highest BCUT2D eigenvalue weighted by atomic mass is 16.5. The minimum absolute atomic E-state index is 0.210. The zero-order chi connectivity index (χ0) is 18.2. The van der Waals surface area contributed by atoms with E-state index in [0.29, 0.717) is 30.0 Å². The predicted molar refractivity (Wildman–Crippen MR) is 89.2 cm³/mol. The molecule has 0 aromatic heterocycles. The van der Waals surface area contributed by atoms with E-state index in [0.717, 1.165) is 12.8 Å². The molecule has 1 atom stereocenters. The van der Waals surface area contributed by atoms with Crippen LogP contribution in [0.4, 0.5) is 0 Å². The van der Waals surface area contributed by atoms with Crippen molar-refractivity contribution in [1.29, 1.82) is 5.26 Å². The monoisotopic (exact) mass is 346 g/mol. The lowest BCUT2D eigenvalue weighted by atomic mass is 10.0. The molecular weight excluding hydrogens is 324 g/mol. The Morgan fingerprint density at radius 2 is 2.12 bits per heavy atom. The molecule has 1 aliphatic rings. The molecule has 7 nitrogen and oxygen atoms in total. The number of methoxy groups -OCH3 is 1. The van der Waals surface area contributed by atoms with Crippen LogP contribution >= 0.6 is 0 Å². The van der Waals surface area contributed by atoms with Crippen LogP contribution < -0.4 is 9.47 Å². The Bertz CT molecular complexity index is 668. The highest BCUT2D eigenvalue weighted by molar-refractivity contribution is 5.85. The molecule has 0 bridgehead atoms. The van der Waals surface area contributed by atoms with Gasteiger partial charge in [0, 0.05) is 12.6 Å². The minimum atomic E-state index is -0.548. The van der Waals surface area contributed by atoms with E-state index >= 15 is 0 Å². The molecule has 1 heterocycles. The summed E-state index contributed by atoms with van der Waals surface area (Å²) in [5.74, 6) is 0.114. The Morgan fingerprint density at radius 3 is 2.80 bits per heavy atom. The smallest absolute Gasteiger partial charge is 0.328 e. The molecule has 1 fully saturated rings. The summed E-state index contributed by atoms with van der Waals surface area (Å²) in [6.07, 6.45) is 2.34. The van der Waals surface area contributed by atoms with Gasteiger partial charge in [0.25, 0.3) is 5.91 Å². The number of nitriles is 1. The van der Waals surface area contributed by atoms with Gasteiger partial charge in [-0.3, -0.25) is 4.79 Å². The molecule has 0 radical (unpaired) electrons. The highest BCUT2D eigenvalue weighted by Crippen LogP contribution is 2.28. The van der Waals surface area contributed by atoms with E-state index < -0.39 is 6.04 Å². The van der Waals surface area contributed by atoms with Crippen LogP contribution in [0.2, 0.25) is 0 Å². The van der Waals surface area contributed by atoms with Crippen molar-refractivity contribution in [2.75, 3.05) is 26.9 Å². The lowest BCUT2D eigenvalue weighted by Crippen LogP contribution is -2.50. The maximum absolute atomic E-state index is 12.5. The first-order chi connectivity index (χ1) is 12.1. The van der Waals surface area contributed by atoms with Crippen molar-refractivity contribution in [1.82, 2.24) is 4.90 Å². The van der Waals surface area contributed by atoms with Crippen molar-refractivity contribution in [2.24, 2.45) is 0 Å². The van der Waals surface area contributed by atoms with Crippen molar-refractivity contribution in [3.8, 4) is 17.6 Å². The average molecular weight is 346 g/mol. The summed E-state index contributed by atoms with van der Waals surface area (Å²) in [5, 5.41) is 8.91. The summed E-state index contributed by atoms with van der Waals surface area (Å²) in [6, 6.07) is 6.18. The predicted octanol–water partition coefficient (Wildman–Crippen LogP) is 1.89. The molecular formula is C18H22N2O5. The molecule has 1 aliphatic heterocycles. The number of hydrogen-bond donors (Lipinski definition) is 0. The standard InChI is InChI=1S/C18H22N2O5/c1-3-24-18(22)14-6-4-5-9-20(14)17(21)12-25-15-8-7-13(11-19)10-16(15)23-2/h7-8,10,14H,3-6,9,12H2,1-2H3/t14-/m1/s1. The fourth-order valence-electron chi connectivity index (χ4n) is 2.79. The van der Waals surface area contributed by atoms with Gasteiger partial charge in [-0.1, -0.05) is 0 Å². The van der Waals surface area contributed by atoms with Crippen molar-refractivity contribution < 1.29 is 23.8 Å². The van der Waals surface area contributed by atoms with E-state index in [1.54, 1.807) is 25.1 Å². The van der Waals surface area contributed by atoms with Gasteiger partial charge in [0.15, 0.2) is 18.1 Å². The second-order valence-electron chi connectivity index (χ2n) is 5.62. The molecule has 25 heavy (non-hydrogen) atoms. The summed E-state index contributed by atoms with van der Waals surface area (Å²) in [7, 11) is 1.46. The fraction of sp³-hybridized carbons (Fsp3) is 0.500. The summed E-state index contributed by atoms with van der Waals surface area (Å²) >= 11 is 0. The van der Waals surface area contributed by atoms with Crippen LogP contribution in [0.15, 0.2) is 18.2 Å². The Kier molecular flexibility index (Phi) is 6.63. The number of nitrogens with zero attached hydrogens (tertiary/aromatic N) is 2. The molecule has 0 unspecified atom stereocenters. The van der Waals surface area contributed by atoms with Gasteiger partial charge in [-0.25, -0.2) is 4.79 Å². The Morgan fingerprint density at radius 1 is 1.32 bits per heavy atom. The molecule has 0 saturated carbocycles. The van der Waals surface area contributed by atoms with E-state index in [9.17, 15) is 9.59 Å². The van der Waals surface area contributed by atoms with E-state index in [4.69, 9.17) is 19.5 Å². The second kappa shape index (κ2) is 8.92. The SMILES string of the molecule is CCOC(=O)[C@H]1CCCCN1C(=O)COc1ccc(C#N)cc1OC. The summed E-state index contributed by atoms with van der Waals surface area (Å²) in [4.78, 5) is 26.1. The first-order valence-corrected chi connectivity index (χ1v) is 8.27. The number of carbonyl (C=O) groups is 2. The molecule has 0 spiro atoms. The van der Waals surface area contributed by atoms with Crippen LogP contribution in [0.3, 0.4) is 0 Å². The third kappa shape index (κ3) is 4.63. The van der Waals surface area contributed by atoms with Crippen LogP contribution in [0, 0.1) is 11.3 Å².